The maximum Gasteiger partial charge on any atom is 0.192 e. The van der Waals surface area contributed by atoms with Gasteiger partial charge in [-0.15, -0.1) is 0 Å². The molecule has 0 amide bonds. The van der Waals surface area contributed by atoms with E-state index < -0.39 is 0 Å². The number of phenolic OH excluding ortho intramolecular Hbond substituents is 1. The van der Waals surface area contributed by atoms with E-state index in [2.05, 4.69) is 0 Å². The molecule has 0 spiro atoms. The Balaban J connectivity index is 3.03. The van der Waals surface area contributed by atoms with Gasteiger partial charge in [-0.3, -0.25) is 4.79 Å². The minimum atomic E-state index is -0.0770. The van der Waals surface area contributed by atoms with Gasteiger partial charge in [0.1, 0.15) is 17.1 Å². The third-order valence-corrected chi connectivity index (χ3v) is 2.24. The molecule has 1 heterocycles. The number of hydrogen-bond donors (Lipinski definition) is 1. The highest BCUT2D eigenvalue weighted by Gasteiger charge is 2.07. The minimum absolute atomic E-state index is 0.0770. The Morgan fingerprint density at radius 1 is 1.29 bits per heavy atom. The van der Waals surface area contributed by atoms with Crippen molar-refractivity contribution in [1.82, 2.24) is 0 Å². The zero-order valence-electron chi connectivity index (χ0n) is 8.00. The van der Waals surface area contributed by atoms with Crippen molar-refractivity contribution in [3.05, 3.63) is 39.7 Å². The smallest absolute Gasteiger partial charge is 0.192 e. The summed E-state index contributed by atoms with van der Waals surface area (Å²) in [5.41, 5.74) is 0.991. The van der Waals surface area contributed by atoms with E-state index in [0.29, 0.717) is 22.3 Å². The Morgan fingerprint density at radius 2 is 2.00 bits per heavy atom. The summed E-state index contributed by atoms with van der Waals surface area (Å²) in [5.74, 6) is 0.697. The van der Waals surface area contributed by atoms with Crippen LogP contribution in [0.5, 0.6) is 5.75 Å². The number of aromatic hydroxyl groups is 1. The van der Waals surface area contributed by atoms with Crippen LogP contribution < -0.4 is 5.43 Å². The summed E-state index contributed by atoms with van der Waals surface area (Å²) in [4.78, 5) is 11.5. The van der Waals surface area contributed by atoms with E-state index in [4.69, 9.17) is 4.42 Å². The molecule has 72 valence electrons. The predicted octanol–water partition coefficient (Wildman–Crippen LogP) is 2.12. The van der Waals surface area contributed by atoms with Gasteiger partial charge < -0.3 is 9.52 Å². The number of phenols is 1. The molecule has 0 saturated heterocycles. The maximum absolute atomic E-state index is 11.5. The van der Waals surface area contributed by atoms with E-state index in [0.717, 1.165) is 0 Å². The second-order valence-corrected chi connectivity index (χ2v) is 3.31. The Labute approximate surface area is 80.6 Å². The number of benzene rings is 1. The molecule has 1 aromatic carbocycles. The zero-order valence-corrected chi connectivity index (χ0v) is 8.00. The first-order valence-electron chi connectivity index (χ1n) is 4.32. The molecular weight excluding hydrogens is 180 g/mol. The largest absolute Gasteiger partial charge is 0.508 e. The highest BCUT2D eigenvalue weighted by atomic mass is 16.3. The van der Waals surface area contributed by atoms with Crippen molar-refractivity contribution < 1.29 is 9.52 Å². The number of fused-ring (bicyclic) bond motifs is 1. The lowest BCUT2D eigenvalue weighted by Crippen LogP contribution is -2.00. The van der Waals surface area contributed by atoms with Gasteiger partial charge in [0.25, 0.3) is 0 Å². The summed E-state index contributed by atoms with van der Waals surface area (Å²) in [6, 6.07) is 4.52. The van der Waals surface area contributed by atoms with Crippen LogP contribution in [0, 0.1) is 13.8 Å². The predicted molar refractivity (Wildman–Crippen MR) is 53.6 cm³/mol. The summed E-state index contributed by atoms with van der Waals surface area (Å²) in [6.45, 7) is 3.43. The van der Waals surface area contributed by atoms with Gasteiger partial charge in [0, 0.05) is 11.6 Å². The first-order valence-corrected chi connectivity index (χ1v) is 4.32. The molecule has 0 bridgehead atoms. The molecule has 3 nitrogen and oxygen atoms in total. The van der Waals surface area contributed by atoms with Gasteiger partial charge in [0.2, 0.25) is 0 Å². The van der Waals surface area contributed by atoms with Gasteiger partial charge in [-0.05, 0) is 26.0 Å². The Bertz CT molecular complexity index is 552. The fourth-order valence-electron chi connectivity index (χ4n) is 1.46. The van der Waals surface area contributed by atoms with Crippen molar-refractivity contribution in [2.45, 2.75) is 13.8 Å². The van der Waals surface area contributed by atoms with Gasteiger partial charge in [-0.1, -0.05) is 0 Å². The van der Waals surface area contributed by atoms with Crippen molar-refractivity contribution in [2.24, 2.45) is 0 Å². The summed E-state index contributed by atoms with van der Waals surface area (Å²) in [7, 11) is 0. The third-order valence-electron chi connectivity index (χ3n) is 2.24. The van der Waals surface area contributed by atoms with Gasteiger partial charge in [-0.25, -0.2) is 0 Å². The zero-order chi connectivity index (χ0) is 10.3. The molecule has 2 aromatic rings. The summed E-state index contributed by atoms with van der Waals surface area (Å²) in [5, 5.41) is 9.94. The van der Waals surface area contributed by atoms with Crippen molar-refractivity contribution in [2.75, 3.05) is 0 Å². The average Bonchev–Trinajstić information content (AvgIpc) is 2.12. The monoisotopic (exact) mass is 190 g/mol. The molecule has 0 saturated carbocycles. The Morgan fingerprint density at radius 3 is 2.71 bits per heavy atom. The number of rotatable bonds is 0. The standard InChI is InChI=1S/C11H10O3/c1-6-5-10(13)8-3-4-9(12)7(2)11(8)14-6/h3-5,12H,1-2H3. The number of aryl methyl sites for hydroxylation is 2. The molecule has 0 aliphatic carbocycles. The highest BCUT2D eigenvalue weighted by Crippen LogP contribution is 2.24. The molecule has 3 heteroatoms. The molecule has 0 aliphatic rings. The van der Waals surface area contributed by atoms with E-state index in [1.807, 2.05) is 0 Å². The van der Waals surface area contributed by atoms with Crippen LogP contribution in [0.3, 0.4) is 0 Å². The van der Waals surface area contributed by atoms with Crippen LogP contribution in [0.15, 0.2) is 27.4 Å². The molecule has 0 fully saturated rings. The summed E-state index contributed by atoms with van der Waals surface area (Å²) in [6.07, 6.45) is 0. The number of hydrogen-bond acceptors (Lipinski definition) is 3. The molecule has 0 atom stereocenters. The Hall–Kier alpha value is -1.77. The Kier molecular flexibility index (Phi) is 1.81. The lowest BCUT2D eigenvalue weighted by atomic mass is 10.1. The van der Waals surface area contributed by atoms with Crippen molar-refractivity contribution >= 4 is 11.0 Å². The first kappa shape index (κ1) is 8.81. The van der Waals surface area contributed by atoms with Crippen LogP contribution in [-0.4, -0.2) is 5.11 Å². The van der Waals surface area contributed by atoms with Crippen molar-refractivity contribution in [3.63, 3.8) is 0 Å². The molecule has 14 heavy (non-hydrogen) atoms. The van der Waals surface area contributed by atoms with Gasteiger partial charge in [-0.2, -0.15) is 0 Å². The maximum atomic E-state index is 11.5. The fourth-order valence-corrected chi connectivity index (χ4v) is 1.46. The highest BCUT2D eigenvalue weighted by molar-refractivity contribution is 5.81. The SMILES string of the molecule is Cc1cc(=O)c2ccc(O)c(C)c2o1. The molecule has 1 N–H and O–H groups in total. The lowest BCUT2D eigenvalue weighted by molar-refractivity contribution is 0.468. The van der Waals surface area contributed by atoms with E-state index in [9.17, 15) is 9.90 Å². The first-order chi connectivity index (χ1) is 6.59. The van der Waals surface area contributed by atoms with Crippen molar-refractivity contribution in [1.29, 1.82) is 0 Å². The lowest BCUT2D eigenvalue weighted by Gasteiger charge is -2.03. The van der Waals surface area contributed by atoms with E-state index >= 15 is 0 Å². The third kappa shape index (κ3) is 1.18. The molecule has 0 unspecified atom stereocenters. The van der Waals surface area contributed by atoms with E-state index in [1.165, 1.54) is 12.1 Å². The van der Waals surface area contributed by atoms with Gasteiger partial charge >= 0.3 is 0 Å². The van der Waals surface area contributed by atoms with Gasteiger partial charge in [0.15, 0.2) is 5.43 Å². The van der Waals surface area contributed by atoms with Gasteiger partial charge in [0.05, 0.1) is 5.39 Å². The van der Waals surface area contributed by atoms with Crippen LogP contribution in [0.25, 0.3) is 11.0 Å². The van der Waals surface area contributed by atoms with Crippen LogP contribution >= 0.6 is 0 Å². The normalized spacial score (nSPS) is 10.7. The summed E-state index contributed by atoms with van der Waals surface area (Å²) >= 11 is 0. The quantitative estimate of drug-likeness (QED) is 0.692. The second kappa shape index (κ2) is 2.87. The molecular formula is C11H10O3. The van der Waals surface area contributed by atoms with E-state index in [-0.39, 0.29) is 11.2 Å². The minimum Gasteiger partial charge on any atom is -0.508 e. The average molecular weight is 190 g/mol. The van der Waals surface area contributed by atoms with Crippen LogP contribution in [-0.2, 0) is 0 Å². The van der Waals surface area contributed by atoms with E-state index in [1.54, 1.807) is 19.9 Å². The van der Waals surface area contributed by atoms with Crippen LogP contribution in [0.4, 0.5) is 0 Å². The second-order valence-electron chi connectivity index (χ2n) is 3.31. The topological polar surface area (TPSA) is 50.4 Å². The summed E-state index contributed by atoms with van der Waals surface area (Å²) < 4.78 is 5.39. The van der Waals surface area contributed by atoms with Crippen molar-refractivity contribution in [3.8, 4) is 5.75 Å². The molecule has 0 aliphatic heterocycles. The molecule has 1 aromatic heterocycles. The van der Waals surface area contributed by atoms with Crippen LogP contribution in [0.2, 0.25) is 0 Å². The molecule has 0 radical (unpaired) electrons. The fraction of sp³-hybridized carbons (Fsp3) is 0.182. The molecule has 2 rings (SSSR count). The van der Waals surface area contributed by atoms with Crippen LogP contribution in [0.1, 0.15) is 11.3 Å².